The van der Waals surface area contributed by atoms with Crippen LogP contribution < -0.4 is 15.5 Å². The predicted molar refractivity (Wildman–Crippen MR) is 109 cm³/mol. The standard InChI is InChI=1S/C21H29N5O/c1-22-20(26-11-5-8-21(16-26)13-19(27)24-15-21)23-14-17-6-4-7-18(12-17)25-9-2-3-10-25/h2-4,6-7,12H,5,8-11,13-16H2,1H3,(H,22,23)(H,24,27). The van der Waals surface area contributed by atoms with Crippen LogP contribution >= 0.6 is 0 Å². The summed E-state index contributed by atoms with van der Waals surface area (Å²) in [6.07, 6.45) is 7.29. The molecule has 3 heterocycles. The minimum atomic E-state index is 0.0790. The van der Waals surface area contributed by atoms with E-state index < -0.39 is 0 Å². The van der Waals surface area contributed by atoms with Crippen LogP contribution in [0, 0.1) is 5.41 Å². The number of nitrogens with one attached hydrogen (secondary N) is 2. The third-order valence-electron chi connectivity index (χ3n) is 5.91. The lowest BCUT2D eigenvalue weighted by Gasteiger charge is -2.40. The molecule has 0 aromatic heterocycles. The molecule has 2 N–H and O–H groups in total. The summed E-state index contributed by atoms with van der Waals surface area (Å²) in [5.74, 6) is 1.12. The molecule has 0 radical (unpaired) electrons. The number of benzene rings is 1. The van der Waals surface area contributed by atoms with Crippen molar-refractivity contribution in [3.8, 4) is 0 Å². The van der Waals surface area contributed by atoms with Crippen LogP contribution in [0.25, 0.3) is 0 Å². The Morgan fingerprint density at radius 2 is 2.19 bits per heavy atom. The fourth-order valence-electron chi connectivity index (χ4n) is 4.49. The maximum Gasteiger partial charge on any atom is 0.220 e. The predicted octanol–water partition coefficient (Wildman–Crippen LogP) is 1.74. The first kappa shape index (κ1) is 17.9. The Kier molecular flexibility index (Phi) is 5.05. The Bertz CT molecular complexity index is 751. The lowest BCUT2D eigenvalue weighted by atomic mass is 9.79. The van der Waals surface area contributed by atoms with Crippen molar-refractivity contribution in [1.82, 2.24) is 15.5 Å². The average molecular weight is 367 g/mol. The number of piperidine rings is 1. The zero-order valence-corrected chi connectivity index (χ0v) is 16.1. The maximum absolute atomic E-state index is 11.7. The second kappa shape index (κ2) is 7.62. The van der Waals surface area contributed by atoms with Crippen LogP contribution in [0.4, 0.5) is 5.69 Å². The molecule has 6 heteroatoms. The van der Waals surface area contributed by atoms with Gasteiger partial charge in [0.1, 0.15) is 0 Å². The number of carbonyl (C=O) groups excluding carboxylic acids is 1. The summed E-state index contributed by atoms with van der Waals surface area (Å²) >= 11 is 0. The van der Waals surface area contributed by atoms with Crippen molar-refractivity contribution in [3.63, 3.8) is 0 Å². The van der Waals surface area contributed by atoms with E-state index in [1.807, 2.05) is 7.05 Å². The zero-order chi connectivity index (χ0) is 18.7. The number of nitrogens with zero attached hydrogens (tertiary/aromatic N) is 3. The molecule has 1 aromatic rings. The highest BCUT2D eigenvalue weighted by molar-refractivity contribution is 5.81. The molecule has 1 unspecified atom stereocenters. The molecule has 1 atom stereocenters. The molecule has 1 aromatic carbocycles. The lowest BCUT2D eigenvalue weighted by molar-refractivity contribution is -0.119. The summed E-state index contributed by atoms with van der Waals surface area (Å²) in [6.45, 7) is 5.41. The van der Waals surface area contributed by atoms with Crippen molar-refractivity contribution in [2.75, 3.05) is 44.7 Å². The average Bonchev–Trinajstić information content (AvgIpc) is 3.33. The Morgan fingerprint density at radius 3 is 2.93 bits per heavy atom. The van der Waals surface area contributed by atoms with Crippen molar-refractivity contribution >= 4 is 17.6 Å². The number of rotatable bonds is 3. The molecule has 3 aliphatic heterocycles. The summed E-state index contributed by atoms with van der Waals surface area (Å²) < 4.78 is 0. The summed E-state index contributed by atoms with van der Waals surface area (Å²) in [6, 6.07) is 8.71. The van der Waals surface area contributed by atoms with Gasteiger partial charge < -0.3 is 20.4 Å². The molecule has 4 rings (SSSR count). The van der Waals surface area contributed by atoms with Gasteiger partial charge >= 0.3 is 0 Å². The Labute approximate surface area is 161 Å². The van der Waals surface area contributed by atoms with E-state index in [1.54, 1.807) is 0 Å². The fraction of sp³-hybridized carbons (Fsp3) is 0.524. The van der Waals surface area contributed by atoms with Gasteiger partial charge in [-0.1, -0.05) is 24.3 Å². The van der Waals surface area contributed by atoms with Gasteiger partial charge in [-0.15, -0.1) is 0 Å². The van der Waals surface area contributed by atoms with Crippen LogP contribution in [0.2, 0.25) is 0 Å². The van der Waals surface area contributed by atoms with E-state index in [0.29, 0.717) is 6.42 Å². The van der Waals surface area contributed by atoms with Gasteiger partial charge in [-0.3, -0.25) is 9.79 Å². The lowest BCUT2D eigenvalue weighted by Crippen LogP contribution is -2.51. The van der Waals surface area contributed by atoms with Crippen LogP contribution in [0.3, 0.4) is 0 Å². The first-order valence-corrected chi connectivity index (χ1v) is 9.89. The third kappa shape index (κ3) is 3.94. The molecule has 144 valence electrons. The largest absolute Gasteiger partial charge is 0.364 e. The van der Waals surface area contributed by atoms with Crippen LogP contribution in [-0.2, 0) is 11.3 Å². The molecule has 6 nitrogen and oxygen atoms in total. The van der Waals surface area contributed by atoms with Gasteiger partial charge in [0.2, 0.25) is 5.91 Å². The van der Waals surface area contributed by atoms with Crippen molar-refractivity contribution in [1.29, 1.82) is 0 Å². The monoisotopic (exact) mass is 367 g/mol. The van der Waals surface area contributed by atoms with Gasteiger partial charge in [-0.2, -0.15) is 0 Å². The molecular formula is C21H29N5O. The van der Waals surface area contributed by atoms with Crippen molar-refractivity contribution in [2.24, 2.45) is 10.4 Å². The molecule has 1 amide bonds. The summed E-state index contributed by atoms with van der Waals surface area (Å²) in [5.41, 5.74) is 2.60. The van der Waals surface area contributed by atoms with Gasteiger partial charge in [0.05, 0.1) is 0 Å². The molecule has 2 saturated heterocycles. The topological polar surface area (TPSA) is 60.0 Å². The van der Waals surface area contributed by atoms with Gasteiger partial charge in [0.25, 0.3) is 0 Å². The normalized spacial score (nSPS) is 25.4. The second-order valence-electron chi connectivity index (χ2n) is 7.93. The number of carbonyl (C=O) groups is 1. The van der Waals surface area contributed by atoms with E-state index >= 15 is 0 Å². The Hall–Kier alpha value is -2.50. The van der Waals surface area contributed by atoms with E-state index in [-0.39, 0.29) is 11.3 Å². The van der Waals surface area contributed by atoms with Crippen LogP contribution in [-0.4, -0.2) is 56.5 Å². The number of anilines is 1. The summed E-state index contributed by atoms with van der Waals surface area (Å²) in [7, 11) is 1.84. The first-order chi connectivity index (χ1) is 13.2. The summed E-state index contributed by atoms with van der Waals surface area (Å²) in [4.78, 5) is 20.9. The smallest absolute Gasteiger partial charge is 0.220 e. The molecule has 0 saturated carbocycles. The first-order valence-electron chi connectivity index (χ1n) is 9.89. The van der Waals surface area contributed by atoms with Gasteiger partial charge in [-0.05, 0) is 30.5 Å². The second-order valence-corrected chi connectivity index (χ2v) is 7.93. The molecule has 2 fully saturated rings. The van der Waals surface area contributed by atoms with Crippen molar-refractivity contribution < 1.29 is 4.79 Å². The molecular weight excluding hydrogens is 338 g/mol. The highest BCUT2D eigenvalue weighted by Crippen LogP contribution is 2.36. The van der Waals surface area contributed by atoms with Crippen LogP contribution in [0.15, 0.2) is 41.4 Å². The zero-order valence-electron chi connectivity index (χ0n) is 16.1. The van der Waals surface area contributed by atoms with E-state index in [0.717, 1.165) is 58.1 Å². The number of hydrogen-bond donors (Lipinski definition) is 2. The van der Waals surface area contributed by atoms with E-state index in [1.165, 1.54) is 11.3 Å². The summed E-state index contributed by atoms with van der Waals surface area (Å²) in [5, 5.41) is 6.54. The number of likely N-dealkylation sites (tertiary alicyclic amines) is 1. The number of amides is 1. The van der Waals surface area contributed by atoms with Crippen LogP contribution in [0.5, 0.6) is 0 Å². The number of guanidine groups is 1. The quantitative estimate of drug-likeness (QED) is 0.485. The molecule has 0 bridgehead atoms. The van der Waals surface area contributed by atoms with Gasteiger partial charge in [0, 0.05) is 63.8 Å². The van der Waals surface area contributed by atoms with Crippen molar-refractivity contribution in [2.45, 2.75) is 25.8 Å². The molecule has 27 heavy (non-hydrogen) atoms. The third-order valence-corrected chi connectivity index (χ3v) is 5.91. The molecule has 0 aliphatic carbocycles. The van der Waals surface area contributed by atoms with Gasteiger partial charge in [-0.25, -0.2) is 0 Å². The Balaban J connectivity index is 1.38. The fourth-order valence-corrected chi connectivity index (χ4v) is 4.49. The maximum atomic E-state index is 11.7. The highest BCUT2D eigenvalue weighted by atomic mass is 16.1. The molecule has 1 spiro atoms. The van der Waals surface area contributed by atoms with E-state index in [2.05, 4.69) is 61.8 Å². The SMILES string of the molecule is CN=C(NCc1cccc(N2CC=CC2)c1)N1CCCC2(CNC(=O)C2)C1. The molecule has 3 aliphatic rings. The van der Waals surface area contributed by atoms with E-state index in [4.69, 9.17) is 0 Å². The minimum Gasteiger partial charge on any atom is -0.364 e. The number of hydrogen-bond acceptors (Lipinski definition) is 3. The van der Waals surface area contributed by atoms with Gasteiger partial charge in [0.15, 0.2) is 5.96 Å². The Morgan fingerprint density at radius 1 is 1.33 bits per heavy atom. The number of aliphatic imine (C=N–C) groups is 1. The minimum absolute atomic E-state index is 0.0790. The van der Waals surface area contributed by atoms with Crippen LogP contribution in [0.1, 0.15) is 24.8 Å². The highest BCUT2D eigenvalue weighted by Gasteiger charge is 2.42. The van der Waals surface area contributed by atoms with E-state index in [9.17, 15) is 4.79 Å². The van der Waals surface area contributed by atoms with Crippen molar-refractivity contribution in [3.05, 3.63) is 42.0 Å².